The lowest BCUT2D eigenvalue weighted by molar-refractivity contribution is 0.502. The molecule has 0 amide bonds. The van der Waals surface area contributed by atoms with Crippen molar-refractivity contribution < 1.29 is 12.8 Å². The van der Waals surface area contributed by atoms with Gasteiger partial charge in [0.05, 0.1) is 6.20 Å². The molecule has 1 unspecified atom stereocenters. The average Bonchev–Trinajstić information content (AvgIpc) is 3.02. The molecule has 25 heavy (non-hydrogen) atoms. The lowest BCUT2D eigenvalue weighted by Crippen LogP contribution is -2.39. The zero-order valence-corrected chi connectivity index (χ0v) is 15.4. The molecule has 0 saturated heterocycles. The lowest BCUT2D eigenvalue weighted by atomic mass is 9.88. The number of sulfonamides is 1. The summed E-state index contributed by atoms with van der Waals surface area (Å²) in [5, 5.41) is 7.80. The number of aryl methyl sites for hydroxylation is 1. The van der Waals surface area contributed by atoms with E-state index in [0.717, 1.165) is 28.2 Å². The number of benzene rings is 1. The van der Waals surface area contributed by atoms with E-state index >= 15 is 0 Å². The van der Waals surface area contributed by atoms with Crippen molar-refractivity contribution in [3.8, 4) is 0 Å². The van der Waals surface area contributed by atoms with Crippen LogP contribution in [0.15, 0.2) is 40.0 Å². The van der Waals surface area contributed by atoms with Crippen molar-refractivity contribution >= 4 is 37.0 Å². The summed E-state index contributed by atoms with van der Waals surface area (Å²) in [5.74, 6) is -0.778. The van der Waals surface area contributed by atoms with E-state index in [4.69, 9.17) is 0 Å². The van der Waals surface area contributed by atoms with E-state index in [0.29, 0.717) is 23.7 Å². The summed E-state index contributed by atoms with van der Waals surface area (Å²) in [7, 11) is -3.93. The zero-order valence-electron chi connectivity index (χ0n) is 13.0. The van der Waals surface area contributed by atoms with Crippen LogP contribution in [0.1, 0.15) is 17.5 Å². The van der Waals surface area contributed by atoms with Crippen molar-refractivity contribution in [2.45, 2.75) is 30.2 Å². The fraction of sp³-hybridized carbons (Fsp3) is 0.250. The third-order valence-electron chi connectivity index (χ3n) is 4.40. The first-order valence-electron chi connectivity index (χ1n) is 7.71. The summed E-state index contributed by atoms with van der Waals surface area (Å²) in [5.41, 5.74) is 2.86. The van der Waals surface area contributed by atoms with E-state index in [1.807, 2.05) is 0 Å². The summed E-state index contributed by atoms with van der Waals surface area (Å²) >= 11 is 3.13. The third kappa shape index (κ3) is 3.07. The van der Waals surface area contributed by atoms with Crippen LogP contribution in [-0.2, 0) is 22.9 Å². The SMILES string of the molecule is O=S(=O)(NC1CCc2c(cnc3[nH]ncc23)C1)c1ccc(Br)cc1F. The number of rotatable bonds is 3. The molecule has 9 heteroatoms. The molecule has 130 valence electrons. The van der Waals surface area contributed by atoms with Crippen LogP contribution in [0.4, 0.5) is 4.39 Å². The maximum atomic E-state index is 14.0. The van der Waals surface area contributed by atoms with Crippen LogP contribution < -0.4 is 4.72 Å². The van der Waals surface area contributed by atoms with E-state index in [2.05, 4.69) is 35.8 Å². The largest absolute Gasteiger partial charge is 0.261 e. The van der Waals surface area contributed by atoms with Crippen LogP contribution in [0.25, 0.3) is 11.0 Å². The van der Waals surface area contributed by atoms with Crippen LogP contribution in [0.3, 0.4) is 0 Å². The number of nitrogens with one attached hydrogen (secondary N) is 2. The molecule has 0 bridgehead atoms. The first kappa shape index (κ1) is 16.6. The maximum Gasteiger partial charge on any atom is 0.243 e. The van der Waals surface area contributed by atoms with Crippen molar-refractivity contribution in [3.63, 3.8) is 0 Å². The highest BCUT2D eigenvalue weighted by atomic mass is 79.9. The minimum Gasteiger partial charge on any atom is -0.261 e. The number of hydrogen-bond donors (Lipinski definition) is 2. The van der Waals surface area contributed by atoms with Gasteiger partial charge in [0, 0.05) is 22.1 Å². The molecule has 2 N–H and O–H groups in total. The van der Waals surface area contributed by atoms with Gasteiger partial charge in [0.1, 0.15) is 10.7 Å². The molecule has 0 radical (unpaired) electrons. The van der Waals surface area contributed by atoms with E-state index in [9.17, 15) is 12.8 Å². The molecule has 1 aromatic carbocycles. The van der Waals surface area contributed by atoms with E-state index in [1.54, 1.807) is 12.4 Å². The Balaban J connectivity index is 1.59. The number of hydrogen-bond acceptors (Lipinski definition) is 4. The normalized spacial score (nSPS) is 17.6. The second-order valence-electron chi connectivity index (χ2n) is 6.03. The van der Waals surface area contributed by atoms with Gasteiger partial charge in [-0.3, -0.25) is 5.10 Å². The predicted molar refractivity (Wildman–Crippen MR) is 94.1 cm³/mol. The molecule has 0 spiro atoms. The molecular formula is C16H14BrFN4O2S. The monoisotopic (exact) mass is 424 g/mol. The molecule has 2 aromatic heterocycles. The Morgan fingerprint density at radius 2 is 2.16 bits per heavy atom. The molecule has 0 aliphatic heterocycles. The highest BCUT2D eigenvalue weighted by molar-refractivity contribution is 9.10. The van der Waals surface area contributed by atoms with Crippen LogP contribution in [0, 0.1) is 5.82 Å². The summed E-state index contributed by atoms with van der Waals surface area (Å²) in [6, 6.07) is 3.61. The molecule has 4 rings (SSSR count). The van der Waals surface area contributed by atoms with Gasteiger partial charge in [0.25, 0.3) is 0 Å². The molecule has 0 saturated carbocycles. The zero-order chi connectivity index (χ0) is 17.6. The van der Waals surface area contributed by atoms with Gasteiger partial charge >= 0.3 is 0 Å². The lowest BCUT2D eigenvalue weighted by Gasteiger charge is -2.25. The standard InChI is InChI=1S/C16H14BrFN4O2S/c17-10-1-4-15(14(18)6-10)25(23,24)22-11-2-3-12-9(5-11)7-19-16-13(12)8-20-21-16/h1,4,6-8,11,22H,2-3,5H2,(H,19,20,21). The summed E-state index contributed by atoms with van der Waals surface area (Å²) in [6.45, 7) is 0. The van der Waals surface area contributed by atoms with Crippen molar-refractivity contribution in [1.29, 1.82) is 0 Å². The molecule has 1 atom stereocenters. The van der Waals surface area contributed by atoms with Crippen LogP contribution in [-0.4, -0.2) is 29.6 Å². The van der Waals surface area contributed by atoms with Crippen molar-refractivity contribution in [2.75, 3.05) is 0 Å². The fourth-order valence-corrected chi connectivity index (χ4v) is 4.89. The number of aromatic amines is 1. The van der Waals surface area contributed by atoms with Gasteiger partial charge in [-0.15, -0.1) is 0 Å². The van der Waals surface area contributed by atoms with Gasteiger partial charge < -0.3 is 0 Å². The Morgan fingerprint density at radius 1 is 1.32 bits per heavy atom. The maximum absolute atomic E-state index is 14.0. The Labute approximate surface area is 152 Å². The highest BCUT2D eigenvalue weighted by Gasteiger charge is 2.27. The first-order chi connectivity index (χ1) is 11.9. The summed E-state index contributed by atoms with van der Waals surface area (Å²) in [6.07, 6.45) is 5.35. The number of aromatic nitrogens is 3. The topological polar surface area (TPSA) is 87.7 Å². The Hall–Kier alpha value is -1.84. The predicted octanol–water partition coefficient (Wildman–Crippen LogP) is 2.70. The number of H-pyrrole nitrogens is 1. The molecule has 3 aromatic rings. The molecule has 1 aliphatic rings. The van der Waals surface area contributed by atoms with Crippen LogP contribution >= 0.6 is 15.9 Å². The number of halogens is 2. The van der Waals surface area contributed by atoms with E-state index < -0.39 is 15.8 Å². The van der Waals surface area contributed by atoms with E-state index in [-0.39, 0.29) is 10.9 Å². The highest BCUT2D eigenvalue weighted by Crippen LogP contribution is 2.28. The molecule has 2 heterocycles. The van der Waals surface area contributed by atoms with Gasteiger partial charge in [-0.05, 0) is 48.6 Å². The van der Waals surface area contributed by atoms with Crippen molar-refractivity contribution in [2.24, 2.45) is 0 Å². The number of pyridine rings is 1. The number of nitrogens with zero attached hydrogens (tertiary/aromatic N) is 2. The van der Waals surface area contributed by atoms with Crippen molar-refractivity contribution in [3.05, 3.63) is 52.0 Å². The van der Waals surface area contributed by atoms with Gasteiger partial charge in [-0.25, -0.2) is 22.5 Å². The minimum atomic E-state index is -3.93. The van der Waals surface area contributed by atoms with Crippen LogP contribution in [0.5, 0.6) is 0 Å². The second kappa shape index (κ2) is 6.15. The van der Waals surface area contributed by atoms with Gasteiger partial charge in [-0.1, -0.05) is 15.9 Å². The second-order valence-corrected chi connectivity index (χ2v) is 8.63. The quantitative estimate of drug-likeness (QED) is 0.676. The summed E-state index contributed by atoms with van der Waals surface area (Å²) < 4.78 is 42.2. The van der Waals surface area contributed by atoms with Gasteiger partial charge in [-0.2, -0.15) is 5.10 Å². The average molecular weight is 425 g/mol. The molecular weight excluding hydrogens is 411 g/mol. The first-order valence-corrected chi connectivity index (χ1v) is 9.99. The smallest absolute Gasteiger partial charge is 0.243 e. The van der Waals surface area contributed by atoms with E-state index in [1.165, 1.54) is 12.1 Å². The Bertz CT molecular complexity index is 1070. The Morgan fingerprint density at radius 3 is 2.96 bits per heavy atom. The van der Waals surface area contributed by atoms with Gasteiger partial charge in [0.15, 0.2) is 5.65 Å². The van der Waals surface area contributed by atoms with Gasteiger partial charge in [0.2, 0.25) is 10.0 Å². The van der Waals surface area contributed by atoms with Crippen molar-refractivity contribution in [1.82, 2.24) is 19.9 Å². The molecule has 0 fully saturated rings. The fourth-order valence-electron chi connectivity index (χ4n) is 3.23. The number of fused-ring (bicyclic) bond motifs is 3. The third-order valence-corrected chi connectivity index (χ3v) is 6.44. The van der Waals surface area contributed by atoms with Crippen LogP contribution in [0.2, 0.25) is 0 Å². The minimum absolute atomic E-state index is 0.299. The molecule has 1 aliphatic carbocycles. The molecule has 6 nitrogen and oxygen atoms in total. The summed E-state index contributed by atoms with van der Waals surface area (Å²) in [4.78, 5) is 3.96. The Kier molecular flexibility index (Phi) is 4.09.